The highest BCUT2D eigenvalue weighted by atomic mass is 16.3. The van der Waals surface area contributed by atoms with Crippen molar-refractivity contribution in [3.8, 4) is 17.0 Å². The number of nitrogens with two attached hydrogens (primary N) is 1. The van der Waals surface area contributed by atoms with Crippen LogP contribution < -0.4 is 5.73 Å². The van der Waals surface area contributed by atoms with Crippen LogP contribution in [0.3, 0.4) is 0 Å². The molecule has 4 N–H and O–H groups in total. The first-order valence-electron chi connectivity index (χ1n) is 5.88. The fourth-order valence-electron chi connectivity index (χ4n) is 2.09. The number of phenols is 1. The molecule has 1 aromatic heterocycles. The minimum atomic E-state index is 0.118. The van der Waals surface area contributed by atoms with Gasteiger partial charge >= 0.3 is 0 Å². The van der Waals surface area contributed by atoms with Gasteiger partial charge in [-0.3, -0.25) is 0 Å². The van der Waals surface area contributed by atoms with Crippen LogP contribution in [-0.2, 0) is 0 Å². The number of hydrogen-bond acceptors (Lipinski definition) is 3. The molecular weight excluding hydrogens is 214 g/mol. The molecule has 17 heavy (non-hydrogen) atoms. The molecule has 88 valence electrons. The van der Waals surface area contributed by atoms with Crippen molar-refractivity contribution < 1.29 is 5.11 Å². The number of aromatic amines is 1. The molecule has 0 saturated heterocycles. The minimum Gasteiger partial charge on any atom is -0.506 e. The molecular formula is C13H15N3O. The molecule has 0 radical (unpaired) electrons. The summed E-state index contributed by atoms with van der Waals surface area (Å²) in [6.07, 6.45) is 5.58. The Balaban J connectivity index is 1.92. The highest BCUT2D eigenvalue weighted by Gasteiger charge is 2.22. The van der Waals surface area contributed by atoms with E-state index in [1.54, 1.807) is 12.1 Å². The fraction of sp³-hybridized carbons (Fsp3) is 0.308. The van der Waals surface area contributed by atoms with Gasteiger partial charge in [-0.2, -0.15) is 0 Å². The molecule has 4 heteroatoms. The third kappa shape index (κ3) is 1.75. The Morgan fingerprint density at radius 2 is 2.18 bits per heavy atom. The van der Waals surface area contributed by atoms with Crippen LogP contribution in [0.5, 0.6) is 5.75 Å². The van der Waals surface area contributed by atoms with Crippen LogP contribution >= 0.6 is 0 Å². The predicted molar refractivity (Wildman–Crippen MR) is 66.7 cm³/mol. The van der Waals surface area contributed by atoms with Crippen molar-refractivity contribution in [3.63, 3.8) is 0 Å². The summed E-state index contributed by atoms with van der Waals surface area (Å²) in [5.74, 6) is 1.78. The highest BCUT2D eigenvalue weighted by molar-refractivity contribution is 5.67. The maximum absolute atomic E-state index is 9.38. The Morgan fingerprint density at radius 3 is 2.82 bits per heavy atom. The molecule has 1 fully saturated rings. The van der Waals surface area contributed by atoms with Gasteiger partial charge in [0.2, 0.25) is 0 Å². The quantitative estimate of drug-likeness (QED) is 0.547. The lowest BCUT2D eigenvalue weighted by atomic mass is 9.85. The Morgan fingerprint density at radius 1 is 1.35 bits per heavy atom. The number of imidazole rings is 1. The lowest BCUT2D eigenvalue weighted by Crippen LogP contribution is -2.10. The molecule has 1 heterocycles. The van der Waals surface area contributed by atoms with Crippen LogP contribution in [0, 0.1) is 0 Å². The monoisotopic (exact) mass is 229 g/mol. The molecule has 1 aliphatic carbocycles. The largest absolute Gasteiger partial charge is 0.506 e. The molecule has 0 aliphatic heterocycles. The van der Waals surface area contributed by atoms with Gasteiger partial charge in [-0.15, -0.1) is 0 Å². The molecule has 0 amide bonds. The summed E-state index contributed by atoms with van der Waals surface area (Å²) in [4.78, 5) is 7.74. The van der Waals surface area contributed by atoms with Crippen molar-refractivity contribution in [1.29, 1.82) is 0 Å². The van der Waals surface area contributed by atoms with Crippen LogP contribution in [0.2, 0.25) is 0 Å². The molecule has 2 aromatic rings. The second kappa shape index (κ2) is 3.80. The normalized spacial score (nSPS) is 15.8. The van der Waals surface area contributed by atoms with E-state index in [1.165, 1.54) is 19.3 Å². The fourth-order valence-corrected chi connectivity index (χ4v) is 2.09. The van der Waals surface area contributed by atoms with Gasteiger partial charge in [-0.05, 0) is 31.0 Å². The Labute approximate surface area is 99.5 Å². The number of rotatable bonds is 2. The number of phenolic OH excluding ortho intramolecular Hbond substituents is 1. The summed E-state index contributed by atoms with van der Waals surface area (Å²) in [6, 6.07) is 5.20. The lowest BCUT2D eigenvalue weighted by molar-refractivity contribution is 0.404. The Kier molecular flexibility index (Phi) is 2.28. The van der Waals surface area contributed by atoms with Crippen LogP contribution in [0.1, 0.15) is 31.0 Å². The number of anilines is 1. The van der Waals surface area contributed by atoms with Crippen LogP contribution in [0.4, 0.5) is 5.69 Å². The van der Waals surface area contributed by atoms with Crippen molar-refractivity contribution in [2.75, 3.05) is 5.73 Å². The zero-order valence-electron chi connectivity index (χ0n) is 9.48. The molecule has 1 aliphatic rings. The molecule has 0 atom stereocenters. The van der Waals surface area contributed by atoms with Crippen LogP contribution in [0.25, 0.3) is 11.3 Å². The summed E-state index contributed by atoms with van der Waals surface area (Å²) < 4.78 is 0. The summed E-state index contributed by atoms with van der Waals surface area (Å²) in [5, 5.41) is 9.38. The SMILES string of the molecule is Nc1cc(-c2cnc(C3CCC3)[nH]2)ccc1O. The van der Waals surface area contributed by atoms with Gasteiger partial charge in [0.25, 0.3) is 0 Å². The first-order chi connectivity index (χ1) is 8.24. The minimum absolute atomic E-state index is 0.118. The zero-order chi connectivity index (χ0) is 11.8. The van der Waals surface area contributed by atoms with Crippen molar-refractivity contribution in [2.24, 2.45) is 0 Å². The maximum Gasteiger partial charge on any atom is 0.138 e. The number of H-pyrrole nitrogens is 1. The summed E-state index contributed by atoms with van der Waals surface area (Å²) in [6.45, 7) is 0. The van der Waals surface area contributed by atoms with Gasteiger partial charge in [0.15, 0.2) is 0 Å². The average molecular weight is 229 g/mol. The molecule has 0 spiro atoms. The first-order valence-corrected chi connectivity index (χ1v) is 5.88. The van der Waals surface area contributed by atoms with Gasteiger partial charge < -0.3 is 15.8 Å². The molecule has 3 rings (SSSR count). The van der Waals surface area contributed by atoms with Crippen molar-refractivity contribution >= 4 is 5.69 Å². The number of benzene rings is 1. The topological polar surface area (TPSA) is 74.9 Å². The molecule has 0 unspecified atom stereocenters. The van der Waals surface area contributed by atoms with E-state index in [0.717, 1.165) is 17.1 Å². The predicted octanol–water partition coefficient (Wildman–Crippen LogP) is 2.63. The molecule has 4 nitrogen and oxygen atoms in total. The molecule has 1 aromatic carbocycles. The third-order valence-corrected chi connectivity index (χ3v) is 3.43. The van der Waals surface area contributed by atoms with E-state index in [-0.39, 0.29) is 5.75 Å². The van der Waals surface area contributed by atoms with Crippen molar-refractivity contribution in [1.82, 2.24) is 9.97 Å². The highest BCUT2D eigenvalue weighted by Crippen LogP contribution is 2.35. The van der Waals surface area contributed by atoms with Crippen LogP contribution in [-0.4, -0.2) is 15.1 Å². The number of nitrogen functional groups attached to an aromatic ring is 1. The number of aromatic hydroxyl groups is 1. The van der Waals surface area contributed by atoms with Crippen molar-refractivity contribution in [2.45, 2.75) is 25.2 Å². The standard InChI is InChI=1S/C13H15N3O/c14-10-6-9(4-5-12(10)17)11-7-15-13(16-11)8-2-1-3-8/h4-8,17H,1-3,14H2,(H,15,16). The van der Waals surface area contributed by atoms with E-state index < -0.39 is 0 Å². The average Bonchev–Trinajstić information content (AvgIpc) is 2.69. The summed E-state index contributed by atoms with van der Waals surface area (Å²) in [5.41, 5.74) is 7.98. The van der Waals surface area contributed by atoms with E-state index in [0.29, 0.717) is 11.6 Å². The van der Waals surface area contributed by atoms with Crippen molar-refractivity contribution in [3.05, 3.63) is 30.2 Å². The van der Waals surface area contributed by atoms with E-state index in [2.05, 4.69) is 9.97 Å². The maximum atomic E-state index is 9.38. The number of hydrogen-bond donors (Lipinski definition) is 3. The molecule has 0 bridgehead atoms. The van der Waals surface area contributed by atoms with E-state index in [4.69, 9.17) is 5.73 Å². The second-order valence-corrected chi connectivity index (χ2v) is 4.58. The van der Waals surface area contributed by atoms with Gasteiger partial charge in [-0.1, -0.05) is 6.42 Å². The van der Waals surface area contributed by atoms with E-state index in [1.807, 2.05) is 12.3 Å². The van der Waals surface area contributed by atoms with E-state index in [9.17, 15) is 5.11 Å². The summed E-state index contributed by atoms with van der Waals surface area (Å²) in [7, 11) is 0. The zero-order valence-corrected chi connectivity index (χ0v) is 9.48. The van der Waals surface area contributed by atoms with E-state index >= 15 is 0 Å². The van der Waals surface area contributed by atoms with Gasteiger partial charge in [0, 0.05) is 11.5 Å². The first kappa shape index (κ1) is 10.2. The third-order valence-electron chi connectivity index (χ3n) is 3.43. The van der Waals surface area contributed by atoms with Gasteiger partial charge in [0.1, 0.15) is 11.6 Å². The van der Waals surface area contributed by atoms with Gasteiger partial charge in [0.05, 0.1) is 17.6 Å². The summed E-state index contributed by atoms with van der Waals surface area (Å²) >= 11 is 0. The Bertz CT molecular complexity index is 543. The molecule has 1 saturated carbocycles. The Hall–Kier alpha value is -1.97. The van der Waals surface area contributed by atoms with Gasteiger partial charge in [-0.25, -0.2) is 4.98 Å². The number of aromatic nitrogens is 2. The number of nitrogens with one attached hydrogen (secondary N) is 1. The lowest BCUT2D eigenvalue weighted by Gasteiger charge is -2.22. The smallest absolute Gasteiger partial charge is 0.138 e. The second-order valence-electron chi connectivity index (χ2n) is 4.58. The van der Waals surface area contributed by atoms with Crippen LogP contribution in [0.15, 0.2) is 24.4 Å². The number of nitrogens with zero attached hydrogens (tertiary/aromatic N) is 1.